The maximum absolute atomic E-state index is 11.6. The van der Waals surface area contributed by atoms with Crippen LogP contribution in [0.5, 0.6) is 0 Å². The molecule has 3 heteroatoms. The molecule has 0 N–H and O–H groups in total. The highest BCUT2D eigenvalue weighted by Gasteiger charge is 2.13. The van der Waals surface area contributed by atoms with Gasteiger partial charge in [-0.05, 0) is 12.5 Å². The molecule has 0 fully saturated rings. The molecule has 0 saturated heterocycles. The van der Waals surface area contributed by atoms with E-state index in [0.717, 1.165) is 23.0 Å². The van der Waals surface area contributed by atoms with E-state index in [-0.39, 0.29) is 11.5 Å². The number of benzene rings is 1. The van der Waals surface area contributed by atoms with Gasteiger partial charge >= 0.3 is 0 Å². The SMILES string of the molecule is O=c1cnc2ccccc2c(C2C=CC=CC2)n1. The number of aromatic nitrogens is 2. The van der Waals surface area contributed by atoms with Gasteiger partial charge in [-0.2, -0.15) is 0 Å². The largest absolute Gasteiger partial charge is 0.288 e. The predicted octanol–water partition coefficient (Wildman–Crippen LogP) is 2.59. The summed E-state index contributed by atoms with van der Waals surface area (Å²) in [5.74, 6) is 0.154. The first-order chi connectivity index (χ1) is 8.84. The Hall–Kier alpha value is -2.29. The lowest BCUT2D eigenvalue weighted by Crippen LogP contribution is -2.07. The highest BCUT2D eigenvalue weighted by atomic mass is 16.1. The van der Waals surface area contributed by atoms with Crippen molar-refractivity contribution in [2.45, 2.75) is 12.3 Å². The molecule has 3 nitrogen and oxygen atoms in total. The predicted molar refractivity (Wildman–Crippen MR) is 71.4 cm³/mol. The van der Waals surface area contributed by atoms with Crippen molar-refractivity contribution in [3.8, 4) is 0 Å². The number of hydrogen-bond acceptors (Lipinski definition) is 3. The molecule has 0 bridgehead atoms. The third-order valence-corrected chi connectivity index (χ3v) is 3.06. The monoisotopic (exact) mass is 236 g/mol. The molecule has 88 valence electrons. The molecule has 1 unspecified atom stereocenters. The summed E-state index contributed by atoms with van der Waals surface area (Å²) in [4.78, 5) is 20.0. The Morgan fingerprint density at radius 1 is 1.17 bits per heavy atom. The second-order valence-corrected chi connectivity index (χ2v) is 4.27. The zero-order chi connectivity index (χ0) is 12.4. The van der Waals surface area contributed by atoms with Gasteiger partial charge in [-0.1, -0.05) is 42.5 Å². The van der Waals surface area contributed by atoms with Crippen LogP contribution < -0.4 is 5.56 Å². The number of hydrogen-bond donors (Lipinski definition) is 0. The van der Waals surface area contributed by atoms with Crippen molar-refractivity contribution in [2.75, 3.05) is 0 Å². The number of fused-ring (bicyclic) bond motifs is 1. The van der Waals surface area contributed by atoms with Crippen molar-refractivity contribution in [2.24, 2.45) is 0 Å². The van der Waals surface area contributed by atoms with Gasteiger partial charge in [0.1, 0.15) is 0 Å². The van der Waals surface area contributed by atoms with Crippen LogP contribution in [0.4, 0.5) is 0 Å². The lowest BCUT2D eigenvalue weighted by Gasteiger charge is -2.12. The summed E-state index contributed by atoms with van der Waals surface area (Å²) in [7, 11) is 0. The van der Waals surface area contributed by atoms with Gasteiger partial charge in [0, 0.05) is 11.3 Å². The van der Waals surface area contributed by atoms with E-state index in [9.17, 15) is 4.79 Å². The summed E-state index contributed by atoms with van der Waals surface area (Å²) < 4.78 is 0. The summed E-state index contributed by atoms with van der Waals surface area (Å²) >= 11 is 0. The minimum atomic E-state index is -0.288. The average Bonchev–Trinajstić information content (AvgIpc) is 2.60. The van der Waals surface area contributed by atoms with Crippen molar-refractivity contribution in [3.05, 3.63) is 70.8 Å². The van der Waals surface area contributed by atoms with Crippen LogP contribution in [-0.4, -0.2) is 9.97 Å². The van der Waals surface area contributed by atoms with Gasteiger partial charge in [0.05, 0.1) is 17.4 Å². The highest BCUT2D eigenvalue weighted by Crippen LogP contribution is 2.26. The minimum absolute atomic E-state index is 0.154. The van der Waals surface area contributed by atoms with E-state index < -0.39 is 0 Å². The molecular weight excluding hydrogens is 224 g/mol. The first-order valence-electron chi connectivity index (χ1n) is 5.94. The molecule has 2 aromatic rings. The van der Waals surface area contributed by atoms with Gasteiger partial charge in [0.2, 0.25) is 0 Å². The van der Waals surface area contributed by atoms with Crippen molar-refractivity contribution < 1.29 is 0 Å². The Kier molecular flexibility index (Phi) is 2.73. The molecular formula is C15H12N2O. The van der Waals surface area contributed by atoms with Crippen LogP contribution in [0.1, 0.15) is 18.0 Å². The smallest absolute Gasteiger partial charge is 0.266 e. The van der Waals surface area contributed by atoms with E-state index in [2.05, 4.69) is 22.1 Å². The van der Waals surface area contributed by atoms with Gasteiger partial charge in [0.15, 0.2) is 0 Å². The topological polar surface area (TPSA) is 42.9 Å². The molecule has 1 aliphatic carbocycles. The summed E-state index contributed by atoms with van der Waals surface area (Å²) in [5, 5.41) is 0.949. The van der Waals surface area contributed by atoms with E-state index in [1.807, 2.05) is 36.4 Å². The molecule has 0 amide bonds. The fraction of sp³-hybridized carbons (Fsp3) is 0.133. The lowest BCUT2D eigenvalue weighted by molar-refractivity contribution is 0.822. The number of rotatable bonds is 1. The van der Waals surface area contributed by atoms with Gasteiger partial charge < -0.3 is 0 Å². The fourth-order valence-electron chi connectivity index (χ4n) is 2.20. The van der Waals surface area contributed by atoms with E-state index >= 15 is 0 Å². The van der Waals surface area contributed by atoms with Crippen molar-refractivity contribution in [1.82, 2.24) is 9.97 Å². The maximum Gasteiger partial charge on any atom is 0.288 e. The zero-order valence-corrected chi connectivity index (χ0v) is 9.78. The van der Waals surface area contributed by atoms with Crippen LogP contribution in [-0.2, 0) is 0 Å². The molecule has 1 aromatic carbocycles. The highest BCUT2D eigenvalue weighted by molar-refractivity contribution is 5.81. The first kappa shape index (κ1) is 10.8. The maximum atomic E-state index is 11.6. The van der Waals surface area contributed by atoms with Crippen molar-refractivity contribution in [1.29, 1.82) is 0 Å². The molecule has 1 heterocycles. The zero-order valence-electron chi connectivity index (χ0n) is 9.78. The Balaban J connectivity index is 2.30. The number of nitrogens with zero attached hydrogens (tertiary/aromatic N) is 2. The fourth-order valence-corrected chi connectivity index (χ4v) is 2.20. The quantitative estimate of drug-likeness (QED) is 0.764. The van der Waals surface area contributed by atoms with E-state index in [1.54, 1.807) is 0 Å². The van der Waals surface area contributed by atoms with E-state index in [0.29, 0.717) is 0 Å². The van der Waals surface area contributed by atoms with Gasteiger partial charge in [-0.25, -0.2) is 4.98 Å². The van der Waals surface area contributed by atoms with E-state index in [1.165, 1.54) is 6.20 Å². The van der Waals surface area contributed by atoms with Crippen molar-refractivity contribution >= 4 is 10.9 Å². The van der Waals surface area contributed by atoms with Gasteiger partial charge in [0.25, 0.3) is 5.56 Å². The third kappa shape index (κ3) is 1.95. The molecule has 0 radical (unpaired) electrons. The average molecular weight is 236 g/mol. The van der Waals surface area contributed by atoms with Crippen LogP contribution in [0.2, 0.25) is 0 Å². The molecule has 1 aliphatic rings. The molecule has 3 rings (SSSR count). The summed E-state index contributed by atoms with van der Waals surface area (Å²) in [5.41, 5.74) is 1.34. The van der Waals surface area contributed by atoms with Crippen LogP contribution >= 0.6 is 0 Å². The standard InChI is InChI=1S/C15H12N2O/c18-14-10-16-13-9-5-4-8-12(13)15(17-14)11-6-2-1-3-7-11/h1-6,8-11H,7H2. The summed E-state index contributed by atoms with van der Waals surface area (Å²) in [6.07, 6.45) is 10.3. The lowest BCUT2D eigenvalue weighted by atomic mass is 9.94. The number of allylic oxidation sites excluding steroid dienone is 4. The summed E-state index contributed by atoms with van der Waals surface area (Å²) in [6, 6.07) is 7.74. The first-order valence-corrected chi connectivity index (χ1v) is 5.94. The molecule has 1 atom stereocenters. The van der Waals surface area contributed by atoms with Crippen LogP contribution in [0.25, 0.3) is 10.9 Å². The minimum Gasteiger partial charge on any atom is -0.266 e. The normalized spacial score (nSPS) is 18.1. The summed E-state index contributed by atoms with van der Waals surface area (Å²) in [6.45, 7) is 0. The van der Waals surface area contributed by atoms with Gasteiger partial charge in [-0.3, -0.25) is 9.78 Å². The molecule has 0 spiro atoms. The molecule has 0 aliphatic heterocycles. The molecule has 18 heavy (non-hydrogen) atoms. The van der Waals surface area contributed by atoms with Crippen LogP contribution in [0.15, 0.2) is 59.6 Å². The van der Waals surface area contributed by atoms with Gasteiger partial charge in [-0.15, -0.1) is 0 Å². The second-order valence-electron chi connectivity index (χ2n) is 4.27. The molecule has 1 aromatic heterocycles. The number of para-hydroxylation sites is 1. The van der Waals surface area contributed by atoms with Crippen LogP contribution in [0, 0.1) is 0 Å². The Labute approximate surface area is 105 Å². The Morgan fingerprint density at radius 2 is 2.06 bits per heavy atom. The Morgan fingerprint density at radius 3 is 2.89 bits per heavy atom. The van der Waals surface area contributed by atoms with E-state index in [4.69, 9.17) is 0 Å². The second kappa shape index (κ2) is 4.53. The van der Waals surface area contributed by atoms with Crippen LogP contribution in [0.3, 0.4) is 0 Å². The van der Waals surface area contributed by atoms with Crippen molar-refractivity contribution in [3.63, 3.8) is 0 Å². The Bertz CT molecular complexity index is 704. The molecule has 0 saturated carbocycles. The third-order valence-electron chi connectivity index (χ3n) is 3.06.